The third-order valence-corrected chi connectivity index (χ3v) is 9.55. The summed E-state index contributed by atoms with van der Waals surface area (Å²) in [6.07, 6.45) is 9.77. The van der Waals surface area contributed by atoms with Crippen molar-refractivity contribution in [1.29, 1.82) is 0 Å². The van der Waals surface area contributed by atoms with Crippen LogP contribution in [0.4, 0.5) is 0 Å². The second-order valence-electron chi connectivity index (χ2n) is 12.5. The molecule has 0 saturated heterocycles. The van der Waals surface area contributed by atoms with Gasteiger partial charge in [-0.2, -0.15) is 0 Å². The lowest BCUT2D eigenvalue weighted by atomic mass is 9.46. The first-order valence-electron chi connectivity index (χ1n) is 13.2. The molecule has 198 valence electrons. The van der Waals surface area contributed by atoms with Crippen LogP contribution in [0.1, 0.15) is 73.1 Å². The minimum Gasteiger partial charge on any atom is -0.465 e. The maximum absolute atomic E-state index is 13.0. The Labute approximate surface area is 213 Å². The third-order valence-electron chi connectivity index (χ3n) is 9.55. The van der Waals surface area contributed by atoms with Gasteiger partial charge in [-0.25, -0.2) is 0 Å². The first-order valence-corrected chi connectivity index (χ1v) is 13.2. The van der Waals surface area contributed by atoms with E-state index in [1.54, 1.807) is 26.0 Å². The molecule has 0 aromatic rings. The van der Waals surface area contributed by atoms with E-state index in [1.807, 2.05) is 6.08 Å². The van der Waals surface area contributed by atoms with E-state index < -0.39 is 17.5 Å². The molecule has 0 aliphatic heterocycles. The smallest absolute Gasteiger partial charge is 0.308 e. The average molecular weight is 501 g/mol. The van der Waals surface area contributed by atoms with Gasteiger partial charge in [-0.3, -0.25) is 19.2 Å². The highest BCUT2D eigenvalue weighted by molar-refractivity contribution is 6.01. The quantitative estimate of drug-likeness (QED) is 0.527. The van der Waals surface area contributed by atoms with Crippen LogP contribution < -0.4 is 0 Å². The molecule has 4 aliphatic carbocycles. The minimum absolute atomic E-state index is 0.0107. The van der Waals surface area contributed by atoms with Crippen molar-refractivity contribution < 1.29 is 33.8 Å². The lowest BCUT2D eigenvalue weighted by Gasteiger charge is -2.58. The van der Waals surface area contributed by atoms with Crippen molar-refractivity contribution >= 4 is 23.5 Å². The van der Waals surface area contributed by atoms with Gasteiger partial charge in [-0.15, -0.1) is 0 Å². The lowest BCUT2D eigenvalue weighted by molar-refractivity contribution is -0.151. The van der Waals surface area contributed by atoms with Crippen molar-refractivity contribution in [3.63, 3.8) is 0 Å². The van der Waals surface area contributed by atoms with E-state index in [1.165, 1.54) is 6.92 Å². The maximum atomic E-state index is 13.0. The Hall–Kier alpha value is -2.28. The molecule has 4 rings (SSSR count). The van der Waals surface area contributed by atoms with Gasteiger partial charge in [0, 0.05) is 24.2 Å². The van der Waals surface area contributed by atoms with Crippen LogP contribution in [0.15, 0.2) is 23.8 Å². The van der Waals surface area contributed by atoms with Gasteiger partial charge in [0.05, 0.1) is 18.6 Å². The van der Waals surface area contributed by atoms with E-state index in [4.69, 9.17) is 9.47 Å². The van der Waals surface area contributed by atoms with Crippen LogP contribution in [0, 0.1) is 40.4 Å². The lowest BCUT2D eigenvalue weighted by Crippen LogP contribution is -2.53. The Bertz CT molecular complexity index is 1000. The predicted molar refractivity (Wildman–Crippen MR) is 132 cm³/mol. The molecule has 0 radical (unpaired) electrons. The summed E-state index contributed by atoms with van der Waals surface area (Å²) >= 11 is 0. The molecule has 0 unspecified atom stereocenters. The Morgan fingerprint density at radius 2 is 1.83 bits per heavy atom. The van der Waals surface area contributed by atoms with Crippen LogP contribution in [-0.4, -0.2) is 47.4 Å². The monoisotopic (exact) mass is 500 g/mol. The van der Waals surface area contributed by atoms with E-state index in [-0.39, 0.29) is 53.9 Å². The van der Waals surface area contributed by atoms with Gasteiger partial charge in [0.2, 0.25) is 0 Å². The summed E-state index contributed by atoms with van der Waals surface area (Å²) in [5.74, 6) is -0.121. The summed E-state index contributed by atoms with van der Waals surface area (Å²) in [5, 5.41) is 9.99. The Balaban J connectivity index is 1.58. The highest BCUT2D eigenvalue weighted by atomic mass is 16.5. The number of fused-ring (bicyclic) bond motifs is 5. The second kappa shape index (κ2) is 9.55. The first kappa shape index (κ1) is 26.8. The highest BCUT2D eigenvalue weighted by Crippen LogP contribution is 2.67. The van der Waals surface area contributed by atoms with Crippen molar-refractivity contribution in [3.05, 3.63) is 23.8 Å². The van der Waals surface area contributed by atoms with Crippen molar-refractivity contribution in [2.45, 2.75) is 78.7 Å². The molecule has 1 N–H and O–H groups in total. The van der Waals surface area contributed by atoms with Crippen LogP contribution in [0.2, 0.25) is 0 Å². The number of hydrogen-bond donors (Lipinski definition) is 1. The van der Waals surface area contributed by atoms with E-state index in [9.17, 15) is 24.3 Å². The highest BCUT2D eigenvalue weighted by Gasteiger charge is 2.61. The molecular weight excluding hydrogens is 460 g/mol. The predicted octanol–water partition coefficient (Wildman–Crippen LogP) is 3.97. The van der Waals surface area contributed by atoms with Gasteiger partial charge >= 0.3 is 11.9 Å². The largest absolute Gasteiger partial charge is 0.465 e. The summed E-state index contributed by atoms with van der Waals surface area (Å²) in [5.41, 5.74) is -0.566. The molecule has 0 amide bonds. The molecule has 0 spiro atoms. The molecule has 7 heteroatoms. The van der Waals surface area contributed by atoms with Crippen molar-refractivity contribution in [2.75, 3.05) is 13.2 Å². The zero-order valence-corrected chi connectivity index (χ0v) is 22.2. The van der Waals surface area contributed by atoms with Gasteiger partial charge < -0.3 is 14.6 Å². The standard InChI is InChI=1S/C29H40O7/c1-17(30)35-16-25(32)23-7-6-21-20-12-18(15-36-26(33)14-27(2,3)34)24-13-19(31)8-10-29(24,5)22(20)9-11-28(21,23)4/h8,10,13,18,20-23,34H,6-7,9,11-12,14-16H2,1-5H3/t18-,20+,21+,22+,23-,28+,29-/m1/s1. The molecule has 0 heterocycles. The van der Waals surface area contributed by atoms with Gasteiger partial charge in [-0.05, 0) is 86.8 Å². The minimum atomic E-state index is -1.14. The van der Waals surface area contributed by atoms with E-state index >= 15 is 0 Å². The topological polar surface area (TPSA) is 107 Å². The number of carbonyl (C=O) groups is 4. The van der Waals surface area contributed by atoms with Crippen molar-refractivity contribution in [2.24, 2.45) is 40.4 Å². The number of allylic oxidation sites excluding steroid dienone is 3. The van der Waals surface area contributed by atoms with E-state index in [2.05, 4.69) is 13.8 Å². The zero-order valence-electron chi connectivity index (χ0n) is 22.2. The number of hydrogen-bond acceptors (Lipinski definition) is 7. The number of ether oxygens (including phenoxy) is 2. The molecule has 3 saturated carbocycles. The summed E-state index contributed by atoms with van der Waals surface area (Å²) in [6, 6.07) is 0. The fourth-order valence-corrected chi connectivity index (χ4v) is 7.98. The SMILES string of the molecule is CC(=O)OCC(=O)[C@H]1CC[C@H]2[C@@H]3C[C@H](COC(=O)CC(C)(C)O)C4=CC(=O)C=C[C@]4(C)[C@H]3CC[C@]12C. The molecule has 7 nitrogen and oxygen atoms in total. The summed E-state index contributed by atoms with van der Waals surface area (Å²) < 4.78 is 10.7. The van der Waals surface area contributed by atoms with Crippen LogP contribution in [-0.2, 0) is 28.7 Å². The molecule has 3 fully saturated rings. The van der Waals surface area contributed by atoms with Gasteiger partial charge in [0.1, 0.15) is 6.61 Å². The zero-order chi connectivity index (χ0) is 26.5. The average Bonchev–Trinajstić information content (AvgIpc) is 3.13. The number of carbonyl (C=O) groups excluding carboxylic acids is 4. The van der Waals surface area contributed by atoms with Crippen LogP contribution in [0.5, 0.6) is 0 Å². The number of esters is 2. The molecular formula is C29H40O7. The third kappa shape index (κ3) is 4.96. The normalized spacial score (nSPS) is 37.3. The van der Waals surface area contributed by atoms with Gasteiger partial charge in [0.15, 0.2) is 11.6 Å². The fraction of sp³-hybridized carbons (Fsp3) is 0.724. The number of Topliss-reactive ketones (excluding diaryl/α,β-unsaturated/α-hetero) is 1. The van der Waals surface area contributed by atoms with E-state index in [0.717, 1.165) is 37.7 Å². The van der Waals surface area contributed by atoms with Crippen LogP contribution in [0.25, 0.3) is 0 Å². The Kier molecular flexibility index (Phi) is 7.10. The van der Waals surface area contributed by atoms with Gasteiger partial charge in [0.25, 0.3) is 0 Å². The Morgan fingerprint density at radius 3 is 2.50 bits per heavy atom. The Morgan fingerprint density at radius 1 is 1.11 bits per heavy atom. The second-order valence-corrected chi connectivity index (χ2v) is 12.5. The number of rotatable bonds is 7. The van der Waals surface area contributed by atoms with Crippen molar-refractivity contribution in [1.82, 2.24) is 0 Å². The molecule has 0 aromatic heterocycles. The summed E-state index contributed by atoms with van der Waals surface area (Å²) in [7, 11) is 0. The van der Waals surface area contributed by atoms with Crippen LogP contribution >= 0.6 is 0 Å². The van der Waals surface area contributed by atoms with Gasteiger partial charge in [-0.1, -0.05) is 19.9 Å². The molecule has 0 bridgehead atoms. The molecule has 4 aliphatic rings. The number of ketones is 2. The number of aliphatic hydroxyl groups is 1. The fourth-order valence-electron chi connectivity index (χ4n) is 7.98. The van der Waals surface area contributed by atoms with E-state index in [0.29, 0.717) is 17.8 Å². The summed E-state index contributed by atoms with van der Waals surface area (Å²) in [6.45, 7) is 8.92. The molecule has 36 heavy (non-hydrogen) atoms. The first-order chi connectivity index (χ1) is 16.7. The van der Waals surface area contributed by atoms with Crippen molar-refractivity contribution in [3.8, 4) is 0 Å². The van der Waals surface area contributed by atoms with Crippen LogP contribution in [0.3, 0.4) is 0 Å². The molecule has 0 aromatic carbocycles. The summed E-state index contributed by atoms with van der Waals surface area (Å²) in [4.78, 5) is 49.1. The maximum Gasteiger partial charge on any atom is 0.308 e. The molecule has 7 atom stereocenters.